The Morgan fingerprint density at radius 2 is 1.90 bits per heavy atom. The first-order chi connectivity index (χ1) is 9.65. The fraction of sp³-hybridized carbons (Fsp3) is 0.286. The molecule has 0 bridgehead atoms. The zero-order chi connectivity index (χ0) is 14.5. The minimum Gasteiger partial charge on any atom is -0.490 e. The molecule has 1 N–H and O–H groups in total. The van der Waals surface area contributed by atoms with E-state index in [0.717, 1.165) is 0 Å². The van der Waals surface area contributed by atoms with E-state index in [1.54, 1.807) is 18.2 Å². The number of aromatic nitrogens is 1. The third-order valence-electron chi connectivity index (χ3n) is 2.56. The lowest BCUT2D eigenvalue weighted by atomic mass is 10.1. The summed E-state index contributed by atoms with van der Waals surface area (Å²) in [6.45, 7) is 4.80. The van der Waals surface area contributed by atoms with E-state index in [9.17, 15) is 4.79 Å². The number of carboxylic acids is 1. The Balaban J connectivity index is 2.36. The minimum atomic E-state index is -1.15. The highest BCUT2D eigenvalue weighted by Gasteiger charge is 2.14. The Kier molecular flexibility index (Phi) is 4.24. The van der Waals surface area contributed by atoms with Crippen molar-refractivity contribution in [2.24, 2.45) is 0 Å². The van der Waals surface area contributed by atoms with Gasteiger partial charge < -0.3 is 19.1 Å². The second kappa shape index (κ2) is 6.10. The van der Waals surface area contributed by atoms with Crippen LogP contribution >= 0.6 is 0 Å². The zero-order valence-electron chi connectivity index (χ0n) is 11.3. The van der Waals surface area contributed by atoms with E-state index < -0.39 is 5.97 Å². The van der Waals surface area contributed by atoms with Gasteiger partial charge in [-0.3, -0.25) is 0 Å². The molecule has 0 unspecified atom stereocenters. The average Bonchev–Trinajstić information content (AvgIpc) is 2.91. The standard InChI is InChI=1S/C14H15NO5/c1-3-18-11-6-5-9(7-12(11)19-4-2)10-8-13(14(16)17)20-15-10/h5-8H,3-4H2,1-2H3,(H,16,17). The van der Waals surface area contributed by atoms with Crippen LogP contribution in [0.25, 0.3) is 11.3 Å². The molecule has 0 saturated carbocycles. The summed E-state index contributed by atoms with van der Waals surface area (Å²) in [5.41, 5.74) is 1.14. The van der Waals surface area contributed by atoms with E-state index in [4.69, 9.17) is 19.1 Å². The van der Waals surface area contributed by atoms with Crippen LogP contribution in [0.2, 0.25) is 0 Å². The predicted octanol–water partition coefficient (Wildman–Crippen LogP) is 2.84. The smallest absolute Gasteiger partial charge is 0.374 e. The summed E-state index contributed by atoms with van der Waals surface area (Å²) in [5, 5.41) is 12.6. The number of ether oxygens (including phenoxy) is 2. The number of carboxylic acid groups (broad SMARTS) is 1. The molecule has 0 aliphatic heterocycles. The number of hydrogen-bond acceptors (Lipinski definition) is 5. The molecule has 0 aliphatic rings. The summed E-state index contributed by atoms with van der Waals surface area (Å²) >= 11 is 0. The lowest BCUT2D eigenvalue weighted by molar-refractivity contribution is 0.0652. The molecule has 0 atom stereocenters. The van der Waals surface area contributed by atoms with Gasteiger partial charge in [0.05, 0.1) is 13.2 Å². The molecule has 0 radical (unpaired) electrons. The van der Waals surface area contributed by atoms with Crippen LogP contribution in [0.4, 0.5) is 0 Å². The van der Waals surface area contributed by atoms with Gasteiger partial charge in [0.1, 0.15) is 5.69 Å². The number of hydrogen-bond donors (Lipinski definition) is 1. The first-order valence-electron chi connectivity index (χ1n) is 6.25. The van der Waals surface area contributed by atoms with Crippen molar-refractivity contribution in [3.63, 3.8) is 0 Å². The van der Waals surface area contributed by atoms with Crippen molar-refractivity contribution in [2.75, 3.05) is 13.2 Å². The SMILES string of the molecule is CCOc1ccc(-c2cc(C(=O)O)on2)cc1OCC. The van der Waals surface area contributed by atoms with Crippen molar-refractivity contribution in [1.29, 1.82) is 0 Å². The van der Waals surface area contributed by atoms with Gasteiger partial charge >= 0.3 is 5.97 Å². The topological polar surface area (TPSA) is 81.8 Å². The minimum absolute atomic E-state index is 0.202. The highest BCUT2D eigenvalue weighted by molar-refractivity contribution is 5.85. The number of benzene rings is 1. The van der Waals surface area contributed by atoms with Crippen LogP contribution in [0.1, 0.15) is 24.4 Å². The molecule has 2 rings (SSSR count). The molecule has 0 spiro atoms. The molecule has 0 aliphatic carbocycles. The third-order valence-corrected chi connectivity index (χ3v) is 2.56. The Bertz CT molecular complexity index is 605. The molecule has 1 heterocycles. The first-order valence-corrected chi connectivity index (χ1v) is 6.25. The highest BCUT2D eigenvalue weighted by Crippen LogP contribution is 2.32. The quantitative estimate of drug-likeness (QED) is 0.874. The summed E-state index contributed by atoms with van der Waals surface area (Å²) < 4.78 is 15.7. The van der Waals surface area contributed by atoms with Crippen LogP contribution in [-0.4, -0.2) is 29.4 Å². The van der Waals surface area contributed by atoms with E-state index in [-0.39, 0.29) is 5.76 Å². The number of rotatable bonds is 6. The molecule has 6 nitrogen and oxygen atoms in total. The van der Waals surface area contributed by atoms with E-state index in [2.05, 4.69) is 5.16 Å². The second-order valence-corrected chi connectivity index (χ2v) is 3.91. The summed E-state index contributed by atoms with van der Waals surface area (Å²) in [5.74, 6) is -0.127. The predicted molar refractivity (Wildman–Crippen MR) is 71.2 cm³/mol. The average molecular weight is 277 g/mol. The van der Waals surface area contributed by atoms with Gasteiger partial charge in [0.15, 0.2) is 11.5 Å². The monoisotopic (exact) mass is 277 g/mol. The molecule has 2 aromatic rings. The maximum absolute atomic E-state index is 10.8. The van der Waals surface area contributed by atoms with Crippen molar-refractivity contribution in [3.05, 3.63) is 30.0 Å². The van der Waals surface area contributed by atoms with E-state index >= 15 is 0 Å². The molecule has 0 saturated heterocycles. The molecular weight excluding hydrogens is 262 g/mol. The Morgan fingerprint density at radius 3 is 2.50 bits per heavy atom. The molecule has 0 amide bonds. The second-order valence-electron chi connectivity index (χ2n) is 3.91. The molecule has 20 heavy (non-hydrogen) atoms. The van der Waals surface area contributed by atoms with Crippen LogP contribution < -0.4 is 9.47 Å². The van der Waals surface area contributed by atoms with Crippen LogP contribution in [0.15, 0.2) is 28.8 Å². The maximum Gasteiger partial charge on any atom is 0.374 e. The van der Waals surface area contributed by atoms with Gasteiger partial charge in [-0.1, -0.05) is 5.16 Å². The summed E-state index contributed by atoms with van der Waals surface area (Å²) in [6.07, 6.45) is 0. The van der Waals surface area contributed by atoms with Gasteiger partial charge in [-0.25, -0.2) is 4.79 Å². The van der Waals surface area contributed by atoms with E-state index in [1.165, 1.54) is 6.07 Å². The lowest BCUT2D eigenvalue weighted by Crippen LogP contribution is -1.98. The number of carbonyl (C=O) groups is 1. The van der Waals surface area contributed by atoms with E-state index in [0.29, 0.717) is 36.0 Å². The largest absolute Gasteiger partial charge is 0.490 e. The van der Waals surface area contributed by atoms with Crippen LogP contribution in [0, 0.1) is 0 Å². The Labute approximate surface area is 115 Å². The van der Waals surface area contributed by atoms with Gasteiger partial charge in [0.2, 0.25) is 5.76 Å². The van der Waals surface area contributed by atoms with Crippen LogP contribution in [0.5, 0.6) is 11.5 Å². The van der Waals surface area contributed by atoms with E-state index in [1.807, 2.05) is 13.8 Å². The summed E-state index contributed by atoms with van der Waals surface area (Å²) in [6, 6.07) is 6.65. The van der Waals surface area contributed by atoms with Gasteiger partial charge in [-0.2, -0.15) is 0 Å². The fourth-order valence-electron chi connectivity index (χ4n) is 1.72. The van der Waals surface area contributed by atoms with Crippen molar-refractivity contribution in [1.82, 2.24) is 5.16 Å². The third kappa shape index (κ3) is 2.90. The molecule has 1 aromatic heterocycles. The number of aromatic carboxylic acids is 1. The Morgan fingerprint density at radius 1 is 1.20 bits per heavy atom. The summed E-state index contributed by atoms with van der Waals surface area (Å²) in [7, 11) is 0. The number of nitrogens with zero attached hydrogens (tertiary/aromatic N) is 1. The molecule has 106 valence electrons. The normalized spacial score (nSPS) is 10.3. The molecular formula is C14H15NO5. The van der Waals surface area contributed by atoms with Crippen LogP contribution in [0.3, 0.4) is 0 Å². The van der Waals surface area contributed by atoms with Gasteiger partial charge in [0.25, 0.3) is 0 Å². The first kappa shape index (κ1) is 13.9. The van der Waals surface area contributed by atoms with Gasteiger partial charge in [-0.15, -0.1) is 0 Å². The summed E-state index contributed by atoms with van der Waals surface area (Å²) in [4.78, 5) is 10.8. The van der Waals surface area contributed by atoms with Crippen molar-refractivity contribution < 1.29 is 23.9 Å². The van der Waals surface area contributed by atoms with Gasteiger partial charge in [0, 0.05) is 11.6 Å². The highest BCUT2D eigenvalue weighted by atomic mass is 16.5. The molecule has 6 heteroatoms. The van der Waals surface area contributed by atoms with Crippen molar-refractivity contribution >= 4 is 5.97 Å². The van der Waals surface area contributed by atoms with Gasteiger partial charge in [-0.05, 0) is 32.0 Å². The van der Waals surface area contributed by atoms with Crippen LogP contribution in [-0.2, 0) is 0 Å². The van der Waals surface area contributed by atoms with Crippen molar-refractivity contribution in [3.8, 4) is 22.8 Å². The Hall–Kier alpha value is -2.50. The molecule has 0 fully saturated rings. The maximum atomic E-state index is 10.8. The zero-order valence-corrected chi connectivity index (χ0v) is 11.3. The molecule has 1 aromatic carbocycles. The fourth-order valence-corrected chi connectivity index (χ4v) is 1.72. The van der Waals surface area contributed by atoms with Crippen molar-refractivity contribution in [2.45, 2.75) is 13.8 Å². The lowest BCUT2D eigenvalue weighted by Gasteiger charge is -2.11.